The molecule has 0 heterocycles. The van der Waals surface area contributed by atoms with Crippen LogP contribution in [-0.2, 0) is 57.2 Å². The van der Waals surface area contributed by atoms with E-state index in [0.717, 1.165) is 48.4 Å². The maximum absolute atomic E-state index is 11.9. The molecule has 0 radical (unpaired) electrons. The largest absolute Gasteiger partial charge is 0.395 e. The summed E-state index contributed by atoms with van der Waals surface area (Å²) >= 11 is 0. The van der Waals surface area contributed by atoms with Gasteiger partial charge in [-0.1, -0.05) is 84.6 Å². The van der Waals surface area contributed by atoms with E-state index in [-0.39, 0.29) is 112 Å². The van der Waals surface area contributed by atoms with Crippen molar-refractivity contribution in [3.05, 3.63) is 119 Å². The fourth-order valence-electron chi connectivity index (χ4n) is 6.57. The highest BCUT2D eigenvalue weighted by molar-refractivity contribution is 7.87. The molecular formula is C74H141F7N10O21S4. The third-order valence-corrected chi connectivity index (χ3v) is 18.0. The smallest absolute Gasteiger partial charge is 0.297 e. The van der Waals surface area contributed by atoms with Crippen LogP contribution in [0.1, 0.15) is 49.4 Å². The summed E-state index contributed by atoms with van der Waals surface area (Å²) in [6, 6.07) is 26.4. The van der Waals surface area contributed by atoms with Gasteiger partial charge < -0.3 is 87.7 Å². The molecule has 15 N–H and O–H groups in total. The van der Waals surface area contributed by atoms with Gasteiger partial charge in [0.1, 0.15) is 40.0 Å². The number of nitrogens with zero attached hydrogens (tertiary/aromatic N) is 5. The van der Waals surface area contributed by atoms with Crippen LogP contribution in [0.3, 0.4) is 0 Å². The molecule has 0 aromatic heterocycles. The van der Waals surface area contributed by atoms with Gasteiger partial charge >= 0.3 is 0 Å². The van der Waals surface area contributed by atoms with Crippen molar-refractivity contribution >= 4 is 40.5 Å². The zero-order valence-electron chi connectivity index (χ0n) is 69.9. The molecule has 4 rings (SSSR count). The van der Waals surface area contributed by atoms with Crippen LogP contribution in [0.15, 0.2) is 117 Å². The lowest BCUT2D eigenvalue weighted by atomic mass is 10.2. The molecule has 0 bridgehead atoms. The molecule has 0 fully saturated rings. The van der Waals surface area contributed by atoms with Crippen molar-refractivity contribution in [2.75, 3.05) is 273 Å². The molecule has 31 nitrogen and oxygen atoms in total. The number of aryl methyl sites for hydroxylation is 4. The Bertz CT molecular complexity index is 2970. The van der Waals surface area contributed by atoms with E-state index in [4.69, 9.17) is 65.3 Å². The van der Waals surface area contributed by atoms with Gasteiger partial charge in [-0.3, -0.25) is 26.0 Å². The van der Waals surface area contributed by atoms with Crippen LogP contribution in [-0.4, -0.2) is 372 Å². The third kappa shape index (κ3) is 92.7. The van der Waals surface area contributed by atoms with Crippen LogP contribution in [0.2, 0.25) is 0 Å². The van der Waals surface area contributed by atoms with E-state index in [1.807, 2.05) is 58.4 Å². The molecule has 116 heavy (non-hydrogen) atoms. The van der Waals surface area contributed by atoms with E-state index in [9.17, 15) is 64.4 Å². The average Bonchev–Trinajstić information content (AvgIpc) is 0.857. The number of hydrogen-bond donors (Lipinski definition) is 14. The lowest BCUT2D eigenvalue weighted by Crippen LogP contribution is -2.28. The molecule has 0 aliphatic carbocycles. The van der Waals surface area contributed by atoms with Crippen LogP contribution in [0, 0.1) is 39.0 Å². The van der Waals surface area contributed by atoms with Crippen molar-refractivity contribution in [1.29, 1.82) is 5.26 Å². The molecule has 0 spiro atoms. The number of benzene rings is 4. The molecule has 0 unspecified atom stereocenters. The summed E-state index contributed by atoms with van der Waals surface area (Å²) in [5.41, 5.74) is 8.52. The topological polar surface area (TPSA) is 466 Å². The highest BCUT2D eigenvalue weighted by atomic mass is 32.2. The first-order chi connectivity index (χ1) is 55.1. The van der Waals surface area contributed by atoms with E-state index in [1.54, 1.807) is 92.6 Å². The van der Waals surface area contributed by atoms with E-state index >= 15 is 0 Å². The summed E-state index contributed by atoms with van der Waals surface area (Å²) in [6.07, 6.45) is 0.566. The van der Waals surface area contributed by atoms with Crippen molar-refractivity contribution in [3.8, 4) is 6.07 Å². The van der Waals surface area contributed by atoms with Crippen LogP contribution in [0.4, 0.5) is 30.7 Å². The molecule has 0 saturated carbocycles. The molecule has 0 atom stereocenters. The minimum atomic E-state index is -3.94. The van der Waals surface area contributed by atoms with Gasteiger partial charge in [0.25, 0.3) is 40.5 Å². The number of halogens is 7. The predicted molar refractivity (Wildman–Crippen MR) is 442 cm³/mol. The highest BCUT2D eigenvalue weighted by Gasteiger charge is 2.19. The van der Waals surface area contributed by atoms with Gasteiger partial charge in [0, 0.05) is 98.6 Å². The molecule has 686 valence electrons. The maximum Gasteiger partial charge on any atom is 0.297 e. The number of rotatable bonds is 45. The first-order valence-electron chi connectivity index (χ1n) is 36.8. The Morgan fingerprint density at radius 2 is 0.638 bits per heavy atom. The van der Waals surface area contributed by atoms with Crippen molar-refractivity contribution in [1.82, 2.24) is 40.9 Å². The Kier molecular flexibility index (Phi) is 106. The Morgan fingerprint density at radius 1 is 0.371 bits per heavy atom. The number of alkyl halides is 7. The molecule has 0 amide bonds. The molecule has 42 heteroatoms. The predicted octanol–water partition coefficient (Wildman–Crippen LogP) is 3.04. The van der Waals surface area contributed by atoms with E-state index in [1.165, 1.54) is 55.5 Å². The summed E-state index contributed by atoms with van der Waals surface area (Å²) in [5, 5.41) is 91.9. The minimum absolute atomic E-state index is 0.00879. The molecule has 0 aliphatic rings. The number of nitrogens with one attached hydrogen (secondary N) is 4. The van der Waals surface area contributed by atoms with Gasteiger partial charge in [0.15, 0.2) is 0 Å². The quantitative estimate of drug-likeness (QED) is 0.0172. The van der Waals surface area contributed by atoms with Crippen LogP contribution in [0.25, 0.3) is 0 Å². The van der Waals surface area contributed by atoms with Gasteiger partial charge in [-0.15, -0.1) is 0 Å². The second-order valence-corrected chi connectivity index (χ2v) is 29.2. The second-order valence-electron chi connectivity index (χ2n) is 22.7. The average molecular weight is 1760 g/mol. The normalized spacial score (nSPS) is 10.5. The molecular weight excluding hydrogens is 1620 g/mol. The molecule has 4 aromatic carbocycles. The zero-order chi connectivity index (χ0) is 90.8. The number of nitrogens with two attached hydrogens (primary N) is 1. The number of nitriles is 1. The SMILES string of the molecule is CC#N.CCN(CCO)CC[18F].CCNCCO.CN(CCO)CCC[18F].CN(CCO)CC[18F].CN(CCO)CC[18F].CNCCO.CNCCO.Cc1ccc(S(=O)(=O)OCCOS(=O)(=O)c2ccc(C)cc2)cc1.Cc1ccc(S(=O)(=O)OCC[18F])cc1.Cc1ccc(S(=O)(=O)OCC[18F])cc1.NCCO.OCCNCC[18F]. The minimum Gasteiger partial charge on any atom is -0.395 e. The number of hydrogen-bond acceptors (Lipinski definition) is 31. The van der Waals surface area contributed by atoms with Crippen molar-refractivity contribution < 1.29 is 127 Å². The van der Waals surface area contributed by atoms with Gasteiger partial charge in [0.2, 0.25) is 0 Å². The fourth-order valence-corrected chi connectivity index (χ4v) is 10.1. The monoisotopic (exact) mass is 1760 g/mol. The maximum atomic E-state index is 11.9. The highest BCUT2D eigenvalue weighted by Crippen LogP contribution is 2.17. The van der Waals surface area contributed by atoms with E-state index < -0.39 is 80.2 Å². The van der Waals surface area contributed by atoms with Crippen molar-refractivity contribution in [3.63, 3.8) is 0 Å². The third-order valence-electron chi connectivity index (χ3n) is 12.7. The molecule has 4 aromatic rings. The number of aliphatic hydroxyl groups excluding tert-OH is 9. The van der Waals surface area contributed by atoms with E-state index in [0.29, 0.717) is 85.0 Å². The number of aliphatic hydroxyl groups is 9. The molecule has 0 saturated heterocycles. The second kappa shape index (κ2) is 95.3. The summed E-state index contributed by atoms with van der Waals surface area (Å²) in [5.74, 6) is 0. The summed E-state index contributed by atoms with van der Waals surface area (Å²) in [4.78, 5) is 7.36. The lowest BCUT2D eigenvalue weighted by Gasteiger charge is -2.15. The van der Waals surface area contributed by atoms with Gasteiger partial charge in [-0.25, -0.2) is 26.3 Å². The van der Waals surface area contributed by atoms with Crippen molar-refractivity contribution in [2.24, 2.45) is 5.73 Å². The van der Waals surface area contributed by atoms with Crippen LogP contribution >= 0.6 is 0 Å². The Morgan fingerprint density at radius 3 is 0.828 bits per heavy atom. The summed E-state index contributed by atoms with van der Waals surface area (Å²) in [6.45, 7) is 18.6. The number of likely N-dealkylation sites (N-methyl/N-ethyl adjacent to an activating group) is 7. The zero-order valence-corrected chi connectivity index (χ0v) is 73.2. The standard InChI is InChI=1S/C16H18O6S2.2C9H11FO3S.2C6H14FNO.2C5H12FNO.C4H10FNO.C4H11NO.2C3H9NO.C2H7NO.C2H3N/c1-13-3-7-15(8-4-13)23(17,18)21-11-12-22-24(19,20)16-9-5-14(2)6-10-16;2*1-8-2-4-9(5-3-8)14(11,12)13-7-6-10;1-8(5-6-9)4-2-3-7;1-2-8(4-3-7)5-6-9;2*1-7(3-2-6)4-5-8;5-1-2-6-3-4-7;1-2-5-3-4-6;2*1-4-2-3-5;3-1-2-4;1-2-3/h3-10H,11-12H2,1-2H3;2*2-5H,6-7H2,1H3;2*9H,2-6H2,1H3;2*8H,2-5H2,1H3;6-7H,1-4H2;5-6H,2-4H2,1H3;2*4-5H,2-3H2,1H3;4H,1-3H2;1H3/i;2*10-1;2*7-1;2*6-1;5-1;;;;;. The van der Waals surface area contributed by atoms with Gasteiger partial charge in [0.05, 0.1) is 118 Å². The fraction of sp³-hybridized carbons (Fsp3) is 0.662. The van der Waals surface area contributed by atoms with Crippen LogP contribution < -0.4 is 27.0 Å². The van der Waals surface area contributed by atoms with E-state index in [2.05, 4.69) is 29.6 Å². The first kappa shape index (κ1) is 129. The van der Waals surface area contributed by atoms with Gasteiger partial charge in [-0.05, 0) is 131 Å². The summed E-state index contributed by atoms with van der Waals surface area (Å²) < 4.78 is 192. The molecule has 0 aliphatic heterocycles. The van der Waals surface area contributed by atoms with Crippen molar-refractivity contribution in [2.45, 2.75) is 74.5 Å². The Balaban J connectivity index is -0.000000159. The van der Waals surface area contributed by atoms with Gasteiger partial charge in [-0.2, -0.15) is 38.9 Å². The first-order valence-corrected chi connectivity index (χ1v) is 42.5. The lowest BCUT2D eigenvalue weighted by molar-refractivity contribution is 0.192. The summed E-state index contributed by atoms with van der Waals surface area (Å²) in [7, 11) is -6.42. The Labute approximate surface area is 688 Å². The van der Waals surface area contributed by atoms with Crippen LogP contribution in [0.5, 0.6) is 0 Å². The Hall–Kier alpha value is -5.20.